The Morgan fingerprint density at radius 2 is 2.00 bits per heavy atom. The van der Waals surface area contributed by atoms with E-state index in [0.29, 0.717) is 24.5 Å². The summed E-state index contributed by atoms with van der Waals surface area (Å²) in [6, 6.07) is 5.67. The zero-order valence-corrected chi connectivity index (χ0v) is 6.50. The molecular formula is C9H8N2O. The number of fused-ring (bicyclic) bond motifs is 1. The van der Waals surface area contributed by atoms with Crippen LogP contribution in [0.15, 0.2) is 12.1 Å². The first-order valence-electron chi connectivity index (χ1n) is 3.70. The Labute approximate surface area is 70.4 Å². The van der Waals surface area contributed by atoms with Gasteiger partial charge in [-0.2, -0.15) is 5.26 Å². The van der Waals surface area contributed by atoms with Gasteiger partial charge in [0.15, 0.2) is 0 Å². The number of nitrogens with zero attached hydrogens (tertiary/aromatic N) is 1. The van der Waals surface area contributed by atoms with E-state index >= 15 is 0 Å². The van der Waals surface area contributed by atoms with Gasteiger partial charge >= 0.3 is 0 Å². The number of ether oxygens (including phenoxy) is 1. The van der Waals surface area contributed by atoms with Crippen molar-refractivity contribution in [3.63, 3.8) is 0 Å². The van der Waals surface area contributed by atoms with Crippen LogP contribution in [-0.4, -0.2) is 0 Å². The van der Waals surface area contributed by atoms with Gasteiger partial charge in [0.25, 0.3) is 0 Å². The Kier molecular flexibility index (Phi) is 1.49. The highest BCUT2D eigenvalue weighted by Crippen LogP contribution is 2.24. The van der Waals surface area contributed by atoms with Crippen molar-refractivity contribution in [2.75, 3.05) is 5.73 Å². The summed E-state index contributed by atoms with van der Waals surface area (Å²) < 4.78 is 5.20. The van der Waals surface area contributed by atoms with Gasteiger partial charge in [-0.05, 0) is 23.3 Å². The van der Waals surface area contributed by atoms with Crippen molar-refractivity contribution in [1.82, 2.24) is 0 Å². The minimum atomic E-state index is 0.541. The molecule has 60 valence electrons. The Morgan fingerprint density at radius 3 is 2.67 bits per heavy atom. The fourth-order valence-electron chi connectivity index (χ4n) is 1.34. The van der Waals surface area contributed by atoms with Crippen molar-refractivity contribution in [3.8, 4) is 6.07 Å². The van der Waals surface area contributed by atoms with Crippen LogP contribution in [0, 0.1) is 11.3 Å². The summed E-state index contributed by atoms with van der Waals surface area (Å²) in [5, 5.41) is 8.68. The normalized spacial score (nSPS) is 13.9. The Morgan fingerprint density at radius 1 is 1.33 bits per heavy atom. The zero-order valence-electron chi connectivity index (χ0n) is 6.50. The standard InChI is InChI=1S/C9H8N2O/c10-3-6-1-7-4-12-5-8(7)2-9(6)11/h1-2H,4-5,11H2. The predicted molar refractivity (Wildman–Crippen MR) is 44.1 cm³/mol. The molecule has 1 aromatic rings. The quantitative estimate of drug-likeness (QED) is 0.579. The van der Waals surface area contributed by atoms with Crippen LogP contribution in [0.3, 0.4) is 0 Å². The summed E-state index contributed by atoms with van der Waals surface area (Å²) >= 11 is 0. The van der Waals surface area contributed by atoms with Gasteiger partial charge in [-0.15, -0.1) is 0 Å². The molecule has 0 aliphatic carbocycles. The molecule has 1 aromatic carbocycles. The lowest BCUT2D eigenvalue weighted by Crippen LogP contribution is -1.93. The maximum Gasteiger partial charge on any atom is 0.101 e. The molecule has 0 fully saturated rings. The van der Waals surface area contributed by atoms with Crippen LogP contribution in [0.5, 0.6) is 0 Å². The lowest BCUT2D eigenvalue weighted by atomic mass is 10.1. The highest BCUT2D eigenvalue weighted by atomic mass is 16.5. The minimum Gasteiger partial charge on any atom is -0.398 e. The van der Waals surface area contributed by atoms with Crippen LogP contribution in [0.25, 0.3) is 0 Å². The smallest absolute Gasteiger partial charge is 0.101 e. The first-order chi connectivity index (χ1) is 5.81. The van der Waals surface area contributed by atoms with Crippen molar-refractivity contribution in [3.05, 3.63) is 28.8 Å². The molecule has 0 saturated heterocycles. The van der Waals surface area contributed by atoms with E-state index in [1.54, 1.807) is 6.07 Å². The number of hydrogen-bond donors (Lipinski definition) is 1. The number of anilines is 1. The van der Waals surface area contributed by atoms with Crippen molar-refractivity contribution in [1.29, 1.82) is 5.26 Å². The zero-order chi connectivity index (χ0) is 8.55. The van der Waals surface area contributed by atoms with E-state index in [4.69, 9.17) is 15.7 Å². The fraction of sp³-hybridized carbons (Fsp3) is 0.222. The monoisotopic (exact) mass is 160 g/mol. The molecule has 1 heterocycles. The third-order valence-corrected chi connectivity index (χ3v) is 2.01. The number of nitrogen functional groups attached to an aromatic ring is 1. The maximum absolute atomic E-state index is 8.68. The molecule has 0 bridgehead atoms. The average molecular weight is 160 g/mol. The number of hydrogen-bond acceptors (Lipinski definition) is 3. The molecule has 0 unspecified atom stereocenters. The van der Waals surface area contributed by atoms with Gasteiger partial charge in [-0.25, -0.2) is 0 Å². The molecule has 12 heavy (non-hydrogen) atoms. The second-order valence-electron chi connectivity index (χ2n) is 2.81. The average Bonchev–Trinajstić information content (AvgIpc) is 2.49. The van der Waals surface area contributed by atoms with Crippen LogP contribution in [0.1, 0.15) is 16.7 Å². The van der Waals surface area contributed by atoms with Crippen LogP contribution >= 0.6 is 0 Å². The molecule has 0 saturated carbocycles. The van der Waals surface area contributed by atoms with Crippen LogP contribution in [0.4, 0.5) is 5.69 Å². The van der Waals surface area contributed by atoms with Crippen LogP contribution in [-0.2, 0) is 18.0 Å². The Balaban J connectivity index is 2.59. The lowest BCUT2D eigenvalue weighted by Gasteiger charge is -2.00. The van der Waals surface area contributed by atoms with Gasteiger partial charge in [0.2, 0.25) is 0 Å². The molecule has 3 nitrogen and oxygen atoms in total. The molecule has 1 aliphatic heterocycles. The summed E-state index contributed by atoms with van der Waals surface area (Å²) in [5.41, 5.74) is 8.90. The second kappa shape index (κ2) is 2.50. The predicted octanol–water partition coefficient (Wildman–Crippen LogP) is 1.17. The Bertz CT molecular complexity index is 365. The number of nitriles is 1. The fourth-order valence-corrected chi connectivity index (χ4v) is 1.34. The van der Waals surface area contributed by atoms with E-state index in [2.05, 4.69) is 0 Å². The lowest BCUT2D eigenvalue weighted by molar-refractivity contribution is 0.134. The largest absolute Gasteiger partial charge is 0.398 e. The van der Waals surface area contributed by atoms with Crippen molar-refractivity contribution >= 4 is 5.69 Å². The van der Waals surface area contributed by atoms with Crippen LogP contribution < -0.4 is 5.73 Å². The van der Waals surface area contributed by atoms with Gasteiger partial charge in [-0.1, -0.05) is 0 Å². The highest BCUT2D eigenvalue weighted by Gasteiger charge is 2.13. The molecule has 2 N–H and O–H groups in total. The molecule has 0 amide bonds. The summed E-state index contributed by atoms with van der Waals surface area (Å²) in [6.07, 6.45) is 0. The SMILES string of the molecule is N#Cc1cc2c(cc1N)COC2. The molecule has 0 spiro atoms. The van der Waals surface area contributed by atoms with Crippen LogP contribution in [0.2, 0.25) is 0 Å². The molecule has 2 rings (SSSR count). The number of nitrogens with two attached hydrogens (primary N) is 1. The molecule has 0 aromatic heterocycles. The third-order valence-electron chi connectivity index (χ3n) is 2.01. The van der Waals surface area contributed by atoms with Gasteiger partial charge in [-0.3, -0.25) is 0 Å². The second-order valence-corrected chi connectivity index (χ2v) is 2.81. The van der Waals surface area contributed by atoms with E-state index in [-0.39, 0.29) is 0 Å². The summed E-state index contributed by atoms with van der Waals surface area (Å²) in [4.78, 5) is 0. The summed E-state index contributed by atoms with van der Waals surface area (Å²) in [5.74, 6) is 0. The molecule has 0 radical (unpaired) electrons. The van der Waals surface area contributed by atoms with Crippen molar-refractivity contribution in [2.45, 2.75) is 13.2 Å². The summed E-state index contributed by atoms with van der Waals surface area (Å²) in [6.45, 7) is 1.22. The van der Waals surface area contributed by atoms with Gasteiger partial charge in [0, 0.05) is 5.69 Å². The first-order valence-corrected chi connectivity index (χ1v) is 3.70. The van der Waals surface area contributed by atoms with E-state index in [1.807, 2.05) is 12.1 Å². The molecule has 1 aliphatic rings. The minimum absolute atomic E-state index is 0.541. The van der Waals surface area contributed by atoms with E-state index < -0.39 is 0 Å². The topological polar surface area (TPSA) is 59.0 Å². The number of rotatable bonds is 0. The van der Waals surface area contributed by atoms with Gasteiger partial charge in [0.1, 0.15) is 6.07 Å². The summed E-state index contributed by atoms with van der Waals surface area (Å²) in [7, 11) is 0. The van der Waals surface area contributed by atoms with E-state index in [0.717, 1.165) is 11.1 Å². The van der Waals surface area contributed by atoms with E-state index in [1.165, 1.54) is 0 Å². The van der Waals surface area contributed by atoms with Crippen molar-refractivity contribution < 1.29 is 4.74 Å². The highest BCUT2D eigenvalue weighted by molar-refractivity contribution is 5.58. The van der Waals surface area contributed by atoms with E-state index in [9.17, 15) is 0 Å². The van der Waals surface area contributed by atoms with Crippen molar-refractivity contribution in [2.24, 2.45) is 0 Å². The third kappa shape index (κ3) is 0.936. The Hall–Kier alpha value is -1.53. The van der Waals surface area contributed by atoms with Gasteiger partial charge < -0.3 is 10.5 Å². The maximum atomic E-state index is 8.68. The first kappa shape index (κ1) is 7.14. The molecule has 0 atom stereocenters. The molecular weight excluding hydrogens is 152 g/mol. The number of benzene rings is 1. The van der Waals surface area contributed by atoms with Gasteiger partial charge in [0.05, 0.1) is 18.8 Å². The molecule has 3 heteroatoms.